The molecule has 0 bridgehead atoms. The second-order valence-electron chi connectivity index (χ2n) is 4.53. The van der Waals surface area contributed by atoms with E-state index in [1.165, 1.54) is 5.56 Å². The highest BCUT2D eigenvalue weighted by atomic mass is 15.2. The molecule has 17 heavy (non-hydrogen) atoms. The molecule has 1 N–H and O–H groups in total. The molecular weight excluding hydrogens is 208 g/mol. The Hall–Kier alpha value is -1.30. The average molecular weight is 228 g/mol. The minimum absolute atomic E-state index is 0.468. The summed E-state index contributed by atoms with van der Waals surface area (Å²) in [6.45, 7) is 4.41. The topological polar surface area (TPSA) is 15.3 Å². The van der Waals surface area contributed by atoms with Gasteiger partial charge in [0.05, 0.1) is 0 Å². The zero-order valence-electron chi connectivity index (χ0n) is 10.2. The SMILES string of the molecule is C#CCCCN1CCNC(c2ccccc2)C1. The van der Waals surface area contributed by atoms with E-state index in [1.54, 1.807) is 0 Å². The molecule has 1 atom stereocenters. The van der Waals surface area contributed by atoms with Crippen LogP contribution in [0.15, 0.2) is 30.3 Å². The highest BCUT2D eigenvalue weighted by molar-refractivity contribution is 5.19. The summed E-state index contributed by atoms with van der Waals surface area (Å²) in [5.41, 5.74) is 1.38. The molecule has 90 valence electrons. The normalized spacial score (nSPS) is 21.0. The number of benzene rings is 1. The Morgan fingerprint density at radius 1 is 1.35 bits per heavy atom. The molecule has 0 saturated carbocycles. The van der Waals surface area contributed by atoms with Crippen LogP contribution in [0.25, 0.3) is 0 Å². The largest absolute Gasteiger partial charge is 0.308 e. The smallest absolute Gasteiger partial charge is 0.0449 e. The van der Waals surface area contributed by atoms with E-state index in [0.717, 1.165) is 39.0 Å². The Bertz CT molecular complexity index is 366. The molecule has 0 radical (unpaired) electrons. The lowest BCUT2D eigenvalue weighted by Gasteiger charge is -2.33. The number of unbranched alkanes of at least 4 members (excludes halogenated alkanes) is 1. The van der Waals surface area contributed by atoms with Gasteiger partial charge in [0.2, 0.25) is 0 Å². The van der Waals surface area contributed by atoms with Gasteiger partial charge in [-0.05, 0) is 18.5 Å². The van der Waals surface area contributed by atoms with Crippen molar-refractivity contribution in [3.63, 3.8) is 0 Å². The van der Waals surface area contributed by atoms with Gasteiger partial charge in [0.25, 0.3) is 0 Å². The highest BCUT2D eigenvalue weighted by Crippen LogP contribution is 2.16. The summed E-state index contributed by atoms with van der Waals surface area (Å²) < 4.78 is 0. The number of terminal acetylenes is 1. The predicted molar refractivity (Wildman–Crippen MR) is 71.7 cm³/mol. The van der Waals surface area contributed by atoms with Gasteiger partial charge in [0, 0.05) is 32.1 Å². The molecule has 1 heterocycles. The van der Waals surface area contributed by atoms with Gasteiger partial charge in [-0.1, -0.05) is 30.3 Å². The van der Waals surface area contributed by atoms with E-state index in [9.17, 15) is 0 Å². The van der Waals surface area contributed by atoms with Crippen molar-refractivity contribution in [2.24, 2.45) is 0 Å². The average Bonchev–Trinajstić information content (AvgIpc) is 2.41. The van der Waals surface area contributed by atoms with E-state index in [1.807, 2.05) is 0 Å². The van der Waals surface area contributed by atoms with Gasteiger partial charge in [-0.2, -0.15) is 0 Å². The molecule has 1 fully saturated rings. The maximum atomic E-state index is 5.28. The lowest BCUT2D eigenvalue weighted by molar-refractivity contribution is 0.199. The summed E-state index contributed by atoms with van der Waals surface area (Å²) in [6, 6.07) is 11.1. The van der Waals surface area contributed by atoms with E-state index < -0.39 is 0 Å². The first-order valence-electron chi connectivity index (χ1n) is 6.34. The summed E-state index contributed by atoms with van der Waals surface area (Å²) >= 11 is 0. The molecule has 1 aromatic rings. The first-order valence-corrected chi connectivity index (χ1v) is 6.34. The van der Waals surface area contributed by atoms with Crippen LogP contribution >= 0.6 is 0 Å². The van der Waals surface area contributed by atoms with Crippen molar-refractivity contribution in [3.05, 3.63) is 35.9 Å². The summed E-state index contributed by atoms with van der Waals surface area (Å²) in [4.78, 5) is 2.51. The monoisotopic (exact) mass is 228 g/mol. The lowest BCUT2D eigenvalue weighted by atomic mass is 10.0. The van der Waals surface area contributed by atoms with E-state index in [0.29, 0.717) is 6.04 Å². The number of nitrogens with one attached hydrogen (secondary N) is 1. The molecular formula is C15H20N2. The van der Waals surface area contributed by atoms with Gasteiger partial charge in [-0.25, -0.2) is 0 Å². The van der Waals surface area contributed by atoms with Gasteiger partial charge in [0.1, 0.15) is 0 Å². The van der Waals surface area contributed by atoms with Crippen LogP contribution in [0.2, 0.25) is 0 Å². The maximum Gasteiger partial charge on any atom is 0.0449 e. The minimum atomic E-state index is 0.468. The second-order valence-corrected chi connectivity index (χ2v) is 4.53. The summed E-state index contributed by atoms with van der Waals surface area (Å²) in [5, 5.41) is 3.57. The van der Waals surface area contributed by atoms with Crippen LogP contribution < -0.4 is 5.32 Å². The molecule has 0 aromatic heterocycles. The van der Waals surface area contributed by atoms with Crippen molar-refractivity contribution in [3.8, 4) is 12.3 Å². The summed E-state index contributed by atoms with van der Waals surface area (Å²) in [7, 11) is 0. The van der Waals surface area contributed by atoms with E-state index in [2.05, 4.69) is 46.5 Å². The first-order chi connectivity index (χ1) is 8.40. The van der Waals surface area contributed by atoms with Crippen molar-refractivity contribution < 1.29 is 0 Å². The molecule has 1 unspecified atom stereocenters. The zero-order valence-corrected chi connectivity index (χ0v) is 10.2. The fourth-order valence-corrected chi connectivity index (χ4v) is 2.33. The Morgan fingerprint density at radius 3 is 2.94 bits per heavy atom. The molecule has 2 nitrogen and oxygen atoms in total. The third-order valence-corrected chi connectivity index (χ3v) is 3.26. The van der Waals surface area contributed by atoms with Crippen LogP contribution in [0.1, 0.15) is 24.4 Å². The molecule has 1 aromatic carbocycles. The van der Waals surface area contributed by atoms with E-state index in [-0.39, 0.29) is 0 Å². The Kier molecular flexibility index (Phi) is 4.61. The Balaban J connectivity index is 1.87. The number of hydrogen-bond donors (Lipinski definition) is 1. The van der Waals surface area contributed by atoms with Crippen LogP contribution in [0, 0.1) is 12.3 Å². The fraction of sp³-hybridized carbons (Fsp3) is 0.467. The molecule has 1 saturated heterocycles. The van der Waals surface area contributed by atoms with Crippen LogP contribution in [0.5, 0.6) is 0 Å². The molecule has 0 spiro atoms. The molecule has 1 aliphatic rings. The van der Waals surface area contributed by atoms with Crippen LogP contribution in [0.4, 0.5) is 0 Å². The molecule has 1 aliphatic heterocycles. The van der Waals surface area contributed by atoms with Crippen molar-refractivity contribution in [1.29, 1.82) is 0 Å². The van der Waals surface area contributed by atoms with Crippen molar-refractivity contribution in [1.82, 2.24) is 10.2 Å². The first kappa shape index (κ1) is 12.2. The highest BCUT2D eigenvalue weighted by Gasteiger charge is 2.19. The van der Waals surface area contributed by atoms with Gasteiger partial charge >= 0.3 is 0 Å². The Morgan fingerprint density at radius 2 is 2.18 bits per heavy atom. The number of rotatable bonds is 4. The predicted octanol–water partition coefficient (Wildman–Crippen LogP) is 2.05. The fourth-order valence-electron chi connectivity index (χ4n) is 2.33. The molecule has 2 rings (SSSR count). The third kappa shape index (κ3) is 3.59. The molecule has 0 amide bonds. The van der Waals surface area contributed by atoms with Gasteiger partial charge in [-0.15, -0.1) is 12.3 Å². The lowest BCUT2D eigenvalue weighted by Crippen LogP contribution is -2.45. The van der Waals surface area contributed by atoms with Crippen LogP contribution in [-0.2, 0) is 0 Å². The number of piperazine rings is 1. The second kappa shape index (κ2) is 6.44. The zero-order chi connectivity index (χ0) is 11.9. The molecule has 2 heteroatoms. The van der Waals surface area contributed by atoms with Gasteiger partial charge in [-0.3, -0.25) is 0 Å². The van der Waals surface area contributed by atoms with E-state index in [4.69, 9.17) is 6.42 Å². The van der Waals surface area contributed by atoms with Crippen LogP contribution in [-0.4, -0.2) is 31.1 Å². The van der Waals surface area contributed by atoms with Crippen molar-refractivity contribution in [2.75, 3.05) is 26.2 Å². The van der Waals surface area contributed by atoms with Gasteiger partial charge < -0.3 is 10.2 Å². The summed E-state index contributed by atoms with van der Waals surface area (Å²) in [5.74, 6) is 2.71. The Labute approximate surface area is 104 Å². The minimum Gasteiger partial charge on any atom is -0.308 e. The number of nitrogens with zero attached hydrogens (tertiary/aromatic N) is 1. The standard InChI is InChI=1S/C15H20N2/c1-2-3-7-11-17-12-10-16-15(13-17)14-8-5-4-6-9-14/h1,4-6,8-9,15-16H,3,7,10-13H2. The van der Waals surface area contributed by atoms with Crippen molar-refractivity contribution in [2.45, 2.75) is 18.9 Å². The third-order valence-electron chi connectivity index (χ3n) is 3.26. The quantitative estimate of drug-likeness (QED) is 0.627. The van der Waals surface area contributed by atoms with Crippen molar-refractivity contribution >= 4 is 0 Å². The van der Waals surface area contributed by atoms with Gasteiger partial charge in [0.15, 0.2) is 0 Å². The maximum absolute atomic E-state index is 5.28. The number of hydrogen-bond acceptors (Lipinski definition) is 2. The molecule has 0 aliphatic carbocycles. The van der Waals surface area contributed by atoms with Crippen LogP contribution in [0.3, 0.4) is 0 Å². The summed E-state index contributed by atoms with van der Waals surface area (Å²) in [6.07, 6.45) is 7.28. The van der Waals surface area contributed by atoms with E-state index >= 15 is 0 Å².